The Kier molecular flexibility index (Phi) is 4.84. The fourth-order valence-electron chi connectivity index (χ4n) is 0.913. The highest BCUT2D eigenvalue weighted by Crippen LogP contribution is 2.35. The van der Waals surface area contributed by atoms with E-state index in [4.69, 9.17) is 5.11 Å². The van der Waals surface area contributed by atoms with E-state index in [1.807, 2.05) is 0 Å². The van der Waals surface area contributed by atoms with Crippen LogP contribution in [0.15, 0.2) is 0 Å². The van der Waals surface area contributed by atoms with Gasteiger partial charge in [0.2, 0.25) is 0 Å². The molecule has 0 aromatic rings. The minimum atomic E-state index is -6.00. The normalized spacial score (nSPS) is 14.2. The number of carbonyl (C=O) groups is 2. The standard InChI is InChI=1S/C8H10F5NO3/c1-2-4(3-5(15)16)14-6(17)7(9,10)8(11,12)13/h4H,2-3H2,1H3,(H,14,17)(H,15,16). The fraction of sp³-hybridized carbons (Fsp3) is 0.750. The second-order valence-corrected chi connectivity index (χ2v) is 3.25. The van der Waals surface area contributed by atoms with E-state index in [-0.39, 0.29) is 6.42 Å². The molecule has 0 saturated heterocycles. The molecule has 0 rings (SSSR count). The largest absolute Gasteiger partial charge is 0.481 e. The van der Waals surface area contributed by atoms with Crippen molar-refractivity contribution in [1.29, 1.82) is 0 Å². The summed E-state index contributed by atoms with van der Waals surface area (Å²) in [5.41, 5.74) is 0. The van der Waals surface area contributed by atoms with E-state index in [0.717, 1.165) is 0 Å². The number of nitrogens with one attached hydrogen (secondary N) is 1. The van der Waals surface area contributed by atoms with E-state index >= 15 is 0 Å². The van der Waals surface area contributed by atoms with Crippen molar-refractivity contribution in [3.8, 4) is 0 Å². The van der Waals surface area contributed by atoms with Crippen LogP contribution in [0.25, 0.3) is 0 Å². The van der Waals surface area contributed by atoms with E-state index in [0.29, 0.717) is 0 Å². The molecule has 0 fully saturated rings. The Morgan fingerprint density at radius 3 is 2.00 bits per heavy atom. The second-order valence-electron chi connectivity index (χ2n) is 3.25. The first-order valence-corrected chi connectivity index (χ1v) is 4.49. The monoisotopic (exact) mass is 263 g/mol. The molecule has 0 spiro atoms. The molecule has 0 aliphatic heterocycles. The zero-order chi connectivity index (χ0) is 13.9. The van der Waals surface area contributed by atoms with Gasteiger partial charge in [0.1, 0.15) is 0 Å². The number of rotatable bonds is 5. The molecular formula is C8H10F5NO3. The lowest BCUT2D eigenvalue weighted by Gasteiger charge is -2.22. The number of carboxylic acid groups (broad SMARTS) is 1. The average Bonchev–Trinajstić information content (AvgIpc) is 2.13. The van der Waals surface area contributed by atoms with Crippen LogP contribution in [0.1, 0.15) is 19.8 Å². The summed E-state index contributed by atoms with van der Waals surface area (Å²) in [6, 6.07) is -1.27. The van der Waals surface area contributed by atoms with Crippen LogP contribution >= 0.6 is 0 Å². The molecule has 0 saturated carbocycles. The van der Waals surface area contributed by atoms with Crippen molar-refractivity contribution >= 4 is 11.9 Å². The van der Waals surface area contributed by atoms with E-state index in [1.54, 1.807) is 0 Å². The molecular weight excluding hydrogens is 253 g/mol. The van der Waals surface area contributed by atoms with Crippen LogP contribution in [0.5, 0.6) is 0 Å². The van der Waals surface area contributed by atoms with Gasteiger partial charge in [-0.1, -0.05) is 6.92 Å². The number of amides is 1. The summed E-state index contributed by atoms with van der Waals surface area (Å²) in [4.78, 5) is 20.9. The van der Waals surface area contributed by atoms with Gasteiger partial charge < -0.3 is 10.4 Å². The lowest BCUT2D eigenvalue weighted by atomic mass is 10.1. The minimum absolute atomic E-state index is 0.0774. The zero-order valence-electron chi connectivity index (χ0n) is 8.65. The number of hydrogen-bond acceptors (Lipinski definition) is 2. The van der Waals surface area contributed by atoms with Crippen LogP contribution < -0.4 is 5.32 Å². The third-order valence-corrected chi connectivity index (χ3v) is 1.89. The molecule has 0 heterocycles. The van der Waals surface area contributed by atoms with E-state index < -0.39 is 36.4 Å². The molecule has 0 aliphatic carbocycles. The molecule has 0 aliphatic rings. The second kappa shape index (κ2) is 5.28. The summed E-state index contributed by atoms with van der Waals surface area (Å²) in [6.07, 6.45) is -6.80. The smallest absolute Gasteiger partial charge is 0.463 e. The van der Waals surface area contributed by atoms with Crippen molar-refractivity contribution in [1.82, 2.24) is 5.32 Å². The SMILES string of the molecule is CCC(CC(=O)O)NC(=O)C(F)(F)C(F)(F)F. The van der Waals surface area contributed by atoms with E-state index in [9.17, 15) is 31.5 Å². The van der Waals surface area contributed by atoms with Crippen LogP contribution in [0.4, 0.5) is 22.0 Å². The van der Waals surface area contributed by atoms with Crippen LogP contribution in [0.2, 0.25) is 0 Å². The molecule has 4 nitrogen and oxygen atoms in total. The first-order chi connectivity index (χ1) is 7.52. The van der Waals surface area contributed by atoms with Gasteiger partial charge in [0.15, 0.2) is 0 Å². The number of carbonyl (C=O) groups excluding carboxylic acids is 1. The molecule has 2 N–H and O–H groups in total. The van der Waals surface area contributed by atoms with Gasteiger partial charge in [0, 0.05) is 6.04 Å². The van der Waals surface area contributed by atoms with Crippen molar-refractivity contribution in [2.75, 3.05) is 0 Å². The Morgan fingerprint density at radius 1 is 1.24 bits per heavy atom. The molecule has 100 valence electrons. The van der Waals surface area contributed by atoms with Gasteiger partial charge in [0.25, 0.3) is 0 Å². The summed E-state index contributed by atoms with van der Waals surface area (Å²) in [7, 11) is 0. The summed E-state index contributed by atoms with van der Waals surface area (Å²) < 4.78 is 60.3. The maximum Gasteiger partial charge on any atom is 0.463 e. The van der Waals surface area contributed by atoms with E-state index in [2.05, 4.69) is 0 Å². The molecule has 1 amide bonds. The maximum atomic E-state index is 12.5. The molecule has 1 unspecified atom stereocenters. The summed E-state index contributed by atoms with van der Waals surface area (Å²) >= 11 is 0. The van der Waals surface area contributed by atoms with Crippen LogP contribution in [0.3, 0.4) is 0 Å². The molecule has 0 aromatic carbocycles. The number of aliphatic carboxylic acids is 1. The highest BCUT2D eigenvalue weighted by molar-refractivity contribution is 5.85. The van der Waals surface area contributed by atoms with Crippen LogP contribution in [-0.4, -0.2) is 35.1 Å². The lowest BCUT2D eigenvalue weighted by molar-refractivity contribution is -0.270. The lowest BCUT2D eigenvalue weighted by Crippen LogP contribution is -2.53. The number of halogens is 5. The van der Waals surface area contributed by atoms with Crippen LogP contribution in [0, 0.1) is 0 Å². The van der Waals surface area contributed by atoms with Crippen molar-refractivity contribution in [3.05, 3.63) is 0 Å². The number of hydrogen-bond donors (Lipinski definition) is 2. The van der Waals surface area contributed by atoms with Gasteiger partial charge in [-0.05, 0) is 6.42 Å². The maximum absolute atomic E-state index is 12.5. The highest BCUT2D eigenvalue weighted by Gasteiger charge is 2.63. The molecule has 9 heteroatoms. The van der Waals surface area contributed by atoms with Gasteiger partial charge in [-0.25, -0.2) is 0 Å². The first-order valence-electron chi connectivity index (χ1n) is 4.49. The molecule has 0 radical (unpaired) electrons. The van der Waals surface area contributed by atoms with Gasteiger partial charge in [0.05, 0.1) is 6.42 Å². The van der Waals surface area contributed by atoms with E-state index in [1.165, 1.54) is 12.2 Å². The Labute approximate surface area is 92.8 Å². The highest BCUT2D eigenvalue weighted by atomic mass is 19.4. The van der Waals surface area contributed by atoms with Crippen molar-refractivity contribution in [2.45, 2.75) is 37.9 Å². The number of carboxylic acids is 1. The number of alkyl halides is 5. The quantitative estimate of drug-likeness (QED) is 0.739. The van der Waals surface area contributed by atoms with Gasteiger partial charge >= 0.3 is 24.0 Å². The minimum Gasteiger partial charge on any atom is -0.481 e. The average molecular weight is 263 g/mol. The predicted octanol–water partition coefficient (Wildman–Crippen LogP) is 1.55. The first kappa shape index (κ1) is 15.6. The van der Waals surface area contributed by atoms with Crippen LogP contribution in [-0.2, 0) is 9.59 Å². The Morgan fingerprint density at radius 2 is 1.71 bits per heavy atom. The molecule has 1 atom stereocenters. The van der Waals surface area contributed by atoms with Gasteiger partial charge in [-0.15, -0.1) is 0 Å². The summed E-state index contributed by atoms with van der Waals surface area (Å²) in [5.74, 6) is -9.48. The third-order valence-electron chi connectivity index (χ3n) is 1.89. The topological polar surface area (TPSA) is 66.4 Å². The summed E-state index contributed by atoms with van der Waals surface area (Å²) in [6.45, 7) is 1.35. The third kappa shape index (κ3) is 4.16. The molecule has 0 bridgehead atoms. The van der Waals surface area contributed by atoms with Gasteiger partial charge in [-0.2, -0.15) is 22.0 Å². The Balaban J connectivity index is 4.67. The predicted molar refractivity (Wildman–Crippen MR) is 45.5 cm³/mol. The van der Waals surface area contributed by atoms with Gasteiger partial charge in [-0.3, -0.25) is 9.59 Å². The zero-order valence-corrected chi connectivity index (χ0v) is 8.65. The van der Waals surface area contributed by atoms with Crippen molar-refractivity contribution < 1.29 is 36.6 Å². The Hall–Kier alpha value is -1.41. The fourth-order valence-corrected chi connectivity index (χ4v) is 0.913. The summed E-state index contributed by atoms with van der Waals surface area (Å²) in [5, 5.41) is 9.68. The van der Waals surface area contributed by atoms with Crippen molar-refractivity contribution in [3.63, 3.8) is 0 Å². The molecule has 0 aromatic heterocycles. The van der Waals surface area contributed by atoms with Crippen molar-refractivity contribution in [2.24, 2.45) is 0 Å². The Bertz CT molecular complexity index is 302. The molecule has 17 heavy (non-hydrogen) atoms.